The summed E-state index contributed by atoms with van der Waals surface area (Å²) in [4.78, 5) is 7.07. The molecule has 1 aromatic carbocycles. The SMILES string of the molecule is COc1ccc(OCCC2O[C@H](Cc3ncc[nH]3)[C@@H](O)[C@H]2O)c(Cl)c1. The Balaban J connectivity index is 1.51. The quantitative estimate of drug-likeness (QED) is 0.686. The first-order valence-corrected chi connectivity index (χ1v) is 8.42. The van der Waals surface area contributed by atoms with Gasteiger partial charge in [0.15, 0.2) is 0 Å². The molecule has 1 aliphatic rings. The largest absolute Gasteiger partial charge is 0.497 e. The van der Waals surface area contributed by atoms with E-state index in [1.165, 1.54) is 0 Å². The van der Waals surface area contributed by atoms with Gasteiger partial charge in [-0.2, -0.15) is 0 Å². The van der Waals surface area contributed by atoms with Crippen molar-refractivity contribution in [2.75, 3.05) is 13.7 Å². The number of hydrogen-bond donors (Lipinski definition) is 3. The fourth-order valence-electron chi connectivity index (χ4n) is 2.84. The zero-order valence-electron chi connectivity index (χ0n) is 13.8. The molecule has 25 heavy (non-hydrogen) atoms. The molecule has 1 unspecified atom stereocenters. The molecule has 0 radical (unpaired) electrons. The van der Waals surface area contributed by atoms with Gasteiger partial charge in [0, 0.05) is 31.3 Å². The average Bonchev–Trinajstić information content (AvgIpc) is 3.21. The Labute approximate surface area is 150 Å². The van der Waals surface area contributed by atoms with E-state index < -0.39 is 24.4 Å². The van der Waals surface area contributed by atoms with Crippen molar-refractivity contribution in [2.24, 2.45) is 0 Å². The molecular formula is C17H21ClN2O5. The molecule has 0 amide bonds. The van der Waals surface area contributed by atoms with Crippen LogP contribution in [0.2, 0.25) is 5.02 Å². The van der Waals surface area contributed by atoms with E-state index in [1.54, 1.807) is 37.7 Å². The van der Waals surface area contributed by atoms with Gasteiger partial charge >= 0.3 is 0 Å². The van der Waals surface area contributed by atoms with Crippen LogP contribution in [0.25, 0.3) is 0 Å². The summed E-state index contributed by atoms with van der Waals surface area (Å²) in [6.07, 6.45) is 1.24. The highest BCUT2D eigenvalue weighted by molar-refractivity contribution is 6.32. The molecule has 8 heteroatoms. The number of benzene rings is 1. The highest BCUT2D eigenvalue weighted by Gasteiger charge is 2.42. The summed E-state index contributed by atoms with van der Waals surface area (Å²) >= 11 is 6.12. The number of methoxy groups -OCH3 is 1. The van der Waals surface area contributed by atoms with Crippen LogP contribution in [0.15, 0.2) is 30.6 Å². The number of rotatable bonds is 7. The van der Waals surface area contributed by atoms with Crippen molar-refractivity contribution < 1.29 is 24.4 Å². The van der Waals surface area contributed by atoms with E-state index in [4.69, 9.17) is 25.8 Å². The minimum absolute atomic E-state index is 0.300. The van der Waals surface area contributed by atoms with Gasteiger partial charge in [0.2, 0.25) is 0 Å². The lowest BCUT2D eigenvalue weighted by Crippen LogP contribution is -2.33. The molecule has 0 saturated carbocycles. The summed E-state index contributed by atoms with van der Waals surface area (Å²) in [7, 11) is 1.56. The van der Waals surface area contributed by atoms with E-state index in [9.17, 15) is 10.2 Å². The fourth-order valence-corrected chi connectivity index (χ4v) is 3.07. The van der Waals surface area contributed by atoms with E-state index in [-0.39, 0.29) is 0 Å². The van der Waals surface area contributed by atoms with Gasteiger partial charge in [0.25, 0.3) is 0 Å². The Morgan fingerprint density at radius 1 is 1.28 bits per heavy atom. The van der Waals surface area contributed by atoms with Crippen molar-refractivity contribution in [3.05, 3.63) is 41.4 Å². The number of aromatic amines is 1. The molecule has 0 bridgehead atoms. The number of imidazole rings is 1. The van der Waals surface area contributed by atoms with Gasteiger partial charge in [-0.3, -0.25) is 0 Å². The molecule has 1 saturated heterocycles. The van der Waals surface area contributed by atoms with Crippen LogP contribution < -0.4 is 9.47 Å². The van der Waals surface area contributed by atoms with Crippen LogP contribution in [0.1, 0.15) is 12.2 Å². The first-order valence-electron chi connectivity index (χ1n) is 8.04. The lowest BCUT2D eigenvalue weighted by Gasteiger charge is -2.15. The molecule has 1 fully saturated rings. The predicted molar refractivity (Wildman–Crippen MR) is 91.1 cm³/mol. The molecule has 2 heterocycles. The van der Waals surface area contributed by atoms with Crippen LogP contribution in [-0.2, 0) is 11.2 Å². The maximum Gasteiger partial charge on any atom is 0.138 e. The van der Waals surface area contributed by atoms with Gasteiger partial charge < -0.3 is 29.4 Å². The predicted octanol–water partition coefficient (Wildman–Crippen LogP) is 1.57. The maximum atomic E-state index is 10.2. The summed E-state index contributed by atoms with van der Waals surface area (Å²) in [6, 6.07) is 5.15. The van der Waals surface area contributed by atoms with Crippen molar-refractivity contribution >= 4 is 11.6 Å². The number of ether oxygens (including phenoxy) is 3. The summed E-state index contributed by atoms with van der Waals surface area (Å²) in [5, 5.41) is 20.8. The van der Waals surface area contributed by atoms with Crippen LogP contribution in [0.5, 0.6) is 11.5 Å². The Morgan fingerprint density at radius 2 is 2.08 bits per heavy atom. The highest BCUT2D eigenvalue weighted by Crippen LogP contribution is 2.30. The van der Waals surface area contributed by atoms with Crippen molar-refractivity contribution in [2.45, 2.75) is 37.3 Å². The Hall–Kier alpha value is -1.80. The van der Waals surface area contributed by atoms with Gasteiger partial charge in [0.1, 0.15) is 29.5 Å². The van der Waals surface area contributed by atoms with Gasteiger partial charge in [-0.15, -0.1) is 0 Å². The zero-order chi connectivity index (χ0) is 17.8. The molecule has 4 atom stereocenters. The van der Waals surface area contributed by atoms with E-state index in [1.807, 2.05) is 0 Å². The lowest BCUT2D eigenvalue weighted by atomic mass is 10.0. The van der Waals surface area contributed by atoms with Crippen LogP contribution in [0, 0.1) is 0 Å². The maximum absolute atomic E-state index is 10.2. The molecule has 7 nitrogen and oxygen atoms in total. The van der Waals surface area contributed by atoms with Crippen molar-refractivity contribution in [3.8, 4) is 11.5 Å². The second kappa shape index (κ2) is 8.05. The Bertz CT molecular complexity index is 682. The molecule has 3 rings (SSSR count). The zero-order valence-corrected chi connectivity index (χ0v) is 14.5. The van der Waals surface area contributed by atoms with Gasteiger partial charge in [-0.1, -0.05) is 11.6 Å². The normalized spacial score (nSPS) is 25.9. The summed E-state index contributed by atoms with van der Waals surface area (Å²) < 4.78 is 16.5. The second-order valence-electron chi connectivity index (χ2n) is 5.87. The second-order valence-corrected chi connectivity index (χ2v) is 6.27. The van der Waals surface area contributed by atoms with Crippen LogP contribution in [0.3, 0.4) is 0 Å². The number of aliphatic hydroxyl groups is 2. The monoisotopic (exact) mass is 368 g/mol. The average molecular weight is 369 g/mol. The number of nitrogens with one attached hydrogen (secondary N) is 1. The third-order valence-corrected chi connectivity index (χ3v) is 4.51. The third-order valence-electron chi connectivity index (χ3n) is 4.21. The van der Waals surface area contributed by atoms with E-state index in [0.717, 1.165) is 0 Å². The lowest BCUT2D eigenvalue weighted by molar-refractivity contribution is -0.00232. The van der Waals surface area contributed by atoms with Gasteiger partial charge in [0.05, 0.1) is 30.9 Å². The molecule has 3 N–H and O–H groups in total. The molecule has 2 aromatic rings. The van der Waals surface area contributed by atoms with Crippen molar-refractivity contribution in [1.29, 1.82) is 0 Å². The van der Waals surface area contributed by atoms with E-state index >= 15 is 0 Å². The topological polar surface area (TPSA) is 96.8 Å². The van der Waals surface area contributed by atoms with Crippen LogP contribution in [-0.4, -0.2) is 58.3 Å². The third kappa shape index (κ3) is 4.24. The minimum atomic E-state index is -0.963. The molecule has 0 aliphatic carbocycles. The number of H-pyrrole nitrogens is 1. The first kappa shape index (κ1) is 18.0. The first-order chi connectivity index (χ1) is 12.1. The Morgan fingerprint density at radius 3 is 2.76 bits per heavy atom. The molecule has 1 aliphatic heterocycles. The van der Waals surface area contributed by atoms with Crippen molar-refractivity contribution in [1.82, 2.24) is 9.97 Å². The molecule has 0 spiro atoms. The fraction of sp³-hybridized carbons (Fsp3) is 0.471. The minimum Gasteiger partial charge on any atom is -0.497 e. The number of aromatic nitrogens is 2. The summed E-state index contributed by atoms with van der Waals surface area (Å²) in [5.41, 5.74) is 0. The number of halogens is 1. The smallest absolute Gasteiger partial charge is 0.138 e. The number of hydrogen-bond acceptors (Lipinski definition) is 6. The van der Waals surface area contributed by atoms with Gasteiger partial charge in [-0.05, 0) is 12.1 Å². The van der Waals surface area contributed by atoms with Crippen molar-refractivity contribution in [3.63, 3.8) is 0 Å². The number of nitrogens with zero attached hydrogens (tertiary/aromatic N) is 1. The summed E-state index contributed by atoms with van der Waals surface area (Å²) in [5.74, 6) is 1.89. The standard InChI is InChI=1S/C17H21ClN2O5/c1-23-10-2-3-12(11(18)8-10)24-7-4-13-16(21)17(22)14(25-13)9-15-19-5-6-20-15/h2-3,5-6,8,13-14,16-17,21-22H,4,7,9H2,1H3,(H,19,20)/t13?,14-,16+,17-/m1/s1. The van der Waals surface area contributed by atoms with E-state index in [0.29, 0.717) is 41.8 Å². The highest BCUT2D eigenvalue weighted by atomic mass is 35.5. The van der Waals surface area contributed by atoms with E-state index in [2.05, 4.69) is 9.97 Å². The summed E-state index contributed by atoms with van der Waals surface area (Å²) in [6.45, 7) is 0.300. The molecule has 1 aromatic heterocycles. The molecular weight excluding hydrogens is 348 g/mol. The Kier molecular flexibility index (Phi) is 5.80. The molecule has 136 valence electrons. The van der Waals surface area contributed by atoms with Crippen LogP contribution in [0.4, 0.5) is 0 Å². The number of aliphatic hydroxyl groups excluding tert-OH is 2. The van der Waals surface area contributed by atoms with Crippen LogP contribution >= 0.6 is 11.6 Å². The van der Waals surface area contributed by atoms with Gasteiger partial charge in [-0.25, -0.2) is 4.98 Å².